The number of hydrogen-bond donors (Lipinski definition) is 3. The lowest BCUT2D eigenvalue weighted by atomic mass is 9.79. The van der Waals surface area contributed by atoms with Crippen molar-refractivity contribution in [2.45, 2.75) is 57.4 Å². The number of ether oxygens (including phenoxy) is 1. The molecule has 0 spiro atoms. The topological polar surface area (TPSA) is 105 Å². The highest BCUT2D eigenvalue weighted by atomic mass is 16.5. The fourth-order valence-corrected chi connectivity index (χ4v) is 5.42. The van der Waals surface area contributed by atoms with Gasteiger partial charge in [-0.3, -0.25) is 9.59 Å². The quantitative estimate of drug-likeness (QED) is 0.485. The summed E-state index contributed by atoms with van der Waals surface area (Å²) < 4.78 is 5.60. The zero-order chi connectivity index (χ0) is 24.8. The lowest BCUT2D eigenvalue weighted by Gasteiger charge is -2.28. The third kappa shape index (κ3) is 5.84. The van der Waals surface area contributed by atoms with E-state index in [-0.39, 0.29) is 36.8 Å². The standard InChI is InChI=1S/C28H34N2O5/c1-2-19(15-26(31)29-16-18-9-3-4-10-20(18)27(32)33)30-28(34)35-17-25-23-13-7-5-11-21(23)22-12-6-8-14-24(22)25/h5-8,11-14,18-20,25H,2-4,9-10,15-17H2,1H3,(H,29,31)(H,30,34)(H,32,33). The molecule has 0 aromatic heterocycles. The molecular formula is C28H34N2O5. The first-order valence-corrected chi connectivity index (χ1v) is 12.6. The maximum Gasteiger partial charge on any atom is 0.407 e. The second-order valence-electron chi connectivity index (χ2n) is 9.57. The molecule has 1 saturated carbocycles. The molecule has 7 heteroatoms. The van der Waals surface area contributed by atoms with Gasteiger partial charge in [-0.25, -0.2) is 4.79 Å². The molecule has 3 N–H and O–H groups in total. The van der Waals surface area contributed by atoms with E-state index >= 15 is 0 Å². The van der Waals surface area contributed by atoms with Crippen molar-refractivity contribution in [3.05, 3.63) is 59.7 Å². The highest BCUT2D eigenvalue weighted by molar-refractivity contribution is 5.79. The van der Waals surface area contributed by atoms with Crippen LogP contribution in [0.2, 0.25) is 0 Å². The van der Waals surface area contributed by atoms with Crippen LogP contribution < -0.4 is 10.6 Å². The number of carbonyl (C=O) groups is 3. The molecule has 2 aliphatic carbocycles. The van der Waals surface area contributed by atoms with Gasteiger partial charge in [0.2, 0.25) is 5.91 Å². The van der Waals surface area contributed by atoms with Gasteiger partial charge in [-0.05, 0) is 47.4 Å². The fraction of sp³-hybridized carbons (Fsp3) is 0.464. The lowest BCUT2D eigenvalue weighted by Crippen LogP contribution is -2.42. The lowest BCUT2D eigenvalue weighted by molar-refractivity contribution is -0.145. The Labute approximate surface area is 206 Å². The number of carboxylic acids is 1. The number of aliphatic carboxylic acids is 1. The fourth-order valence-electron chi connectivity index (χ4n) is 5.42. The average Bonchev–Trinajstić information content (AvgIpc) is 3.19. The molecule has 0 bridgehead atoms. The second-order valence-corrected chi connectivity index (χ2v) is 9.57. The van der Waals surface area contributed by atoms with E-state index in [9.17, 15) is 19.5 Å². The van der Waals surface area contributed by atoms with Gasteiger partial charge < -0.3 is 20.5 Å². The van der Waals surface area contributed by atoms with Crippen molar-refractivity contribution in [3.63, 3.8) is 0 Å². The minimum atomic E-state index is -0.785. The minimum Gasteiger partial charge on any atom is -0.481 e. The largest absolute Gasteiger partial charge is 0.481 e. The summed E-state index contributed by atoms with van der Waals surface area (Å²) in [5.74, 6) is -1.43. The molecule has 2 aromatic rings. The first-order chi connectivity index (χ1) is 17.0. The van der Waals surface area contributed by atoms with E-state index in [0.717, 1.165) is 30.4 Å². The molecule has 3 atom stereocenters. The van der Waals surface area contributed by atoms with Crippen LogP contribution in [0, 0.1) is 11.8 Å². The van der Waals surface area contributed by atoms with Crippen molar-refractivity contribution in [2.24, 2.45) is 11.8 Å². The van der Waals surface area contributed by atoms with Crippen molar-refractivity contribution >= 4 is 18.0 Å². The van der Waals surface area contributed by atoms with Crippen LogP contribution in [0.25, 0.3) is 11.1 Å². The van der Waals surface area contributed by atoms with Crippen LogP contribution in [0.1, 0.15) is 62.5 Å². The van der Waals surface area contributed by atoms with E-state index < -0.39 is 18.0 Å². The van der Waals surface area contributed by atoms with Crippen molar-refractivity contribution in [3.8, 4) is 11.1 Å². The van der Waals surface area contributed by atoms with Crippen molar-refractivity contribution in [1.29, 1.82) is 0 Å². The van der Waals surface area contributed by atoms with Gasteiger partial charge in [-0.1, -0.05) is 68.3 Å². The number of carbonyl (C=O) groups excluding carboxylic acids is 2. The first kappa shape index (κ1) is 24.8. The van der Waals surface area contributed by atoms with Crippen LogP contribution in [0.3, 0.4) is 0 Å². The van der Waals surface area contributed by atoms with Crippen LogP contribution in [0.4, 0.5) is 4.79 Å². The Hall–Kier alpha value is -3.35. The summed E-state index contributed by atoms with van der Waals surface area (Å²) in [5, 5.41) is 15.1. The summed E-state index contributed by atoms with van der Waals surface area (Å²) in [6, 6.07) is 16.0. The highest BCUT2D eigenvalue weighted by Gasteiger charge is 2.31. The Morgan fingerprint density at radius 2 is 1.63 bits per heavy atom. The number of alkyl carbamates (subject to hydrolysis) is 1. The molecule has 0 saturated heterocycles. The predicted octanol–water partition coefficient (Wildman–Crippen LogP) is 4.70. The summed E-state index contributed by atoms with van der Waals surface area (Å²) in [5.41, 5.74) is 4.64. The van der Waals surface area contributed by atoms with Gasteiger partial charge in [0.1, 0.15) is 6.61 Å². The second kappa shape index (κ2) is 11.4. The van der Waals surface area contributed by atoms with E-state index in [2.05, 4.69) is 34.9 Å². The zero-order valence-electron chi connectivity index (χ0n) is 20.2. The number of amides is 2. The van der Waals surface area contributed by atoms with Gasteiger partial charge in [0.05, 0.1) is 5.92 Å². The number of carboxylic acid groups (broad SMARTS) is 1. The predicted molar refractivity (Wildman–Crippen MR) is 133 cm³/mol. The Morgan fingerprint density at radius 1 is 1.00 bits per heavy atom. The van der Waals surface area contributed by atoms with Crippen molar-refractivity contribution in [2.75, 3.05) is 13.2 Å². The van der Waals surface area contributed by atoms with E-state index in [1.54, 1.807) is 0 Å². The molecule has 2 amide bonds. The van der Waals surface area contributed by atoms with Crippen LogP contribution in [0.5, 0.6) is 0 Å². The molecule has 2 aromatic carbocycles. The molecule has 186 valence electrons. The molecule has 4 rings (SSSR count). The van der Waals surface area contributed by atoms with E-state index in [1.807, 2.05) is 31.2 Å². The summed E-state index contributed by atoms with van der Waals surface area (Å²) >= 11 is 0. The molecule has 35 heavy (non-hydrogen) atoms. The molecule has 0 aliphatic heterocycles. The Kier molecular flexibility index (Phi) is 8.06. The number of rotatable bonds is 9. The minimum absolute atomic E-state index is 0.0193. The van der Waals surface area contributed by atoms with Gasteiger partial charge in [0.25, 0.3) is 0 Å². The monoisotopic (exact) mass is 478 g/mol. The normalized spacial score (nSPS) is 19.8. The van der Waals surface area contributed by atoms with E-state index in [4.69, 9.17) is 4.74 Å². The van der Waals surface area contributed by atoms with Crippen LogP contribution >= 0.6 is 0 Å². The van der Waals surface area contributed by atoms with Crippen LogP contribution in [-0.4, -0.2) is 42.3 Å². The number of fused-ring (bicyclic) bond motifs is 3. The van der Waals surface area contributed by atoms with Gasteiger partial charge in [0.15, 0.2) is 0 Å². The van der Waals surface area contributed by atoms with Crippen LogP contribution in [0.15, 0.2) is 48.5 Å². The smallest absolute Gasteiger partial charge is 0.407 e. The van der Waals surface area contributed by atoms with Gasteiger partial charge in [-0.15, -0.1) is 0 Å². The third-order valence-electron chi connectivity index (χ3n) is 7.38. The summed E-state index contributed by atoms with van der Waals surface area (Å²) in [4.78, 5) is 36.5. The van der Waals surface area contributed by atoms with Gasteiger partial charge >= 0.3 is 12.1 Å². The van der Waals surface area contributed by atoms with E-state index in [0.29, 0.717) is 19.4 Å². The Balaban J connectivity index is 1.27. The summed E-state index contributed by atoms with van der Waals surface area (Å²) in [7, 11) is 0. The molecule has 2 aliphatic rings. The maximum atomic E-state index is 12.6. The molecule has 0 heterocycles. The maximum absolute atomic E-state index is 12.6. The highest BCUT2D eigenvalue weighted by Crippen LogP contribution is 2.44. The van der Waals surface area contributed by atoms with E-state index in [1.165, 1.54) is 11.1 Å². The van der Waals surface area contributed by atoms with Crippen LogP contribution in [-0.2, 0) is 14.3 Å². The molecule has 1 fully saturated rings. The first-order valence-electron chi connectivity index (χ1n) is 12.6. The number of hydrogen-bond acceptors (Lipinski definition) is 4. The third-order valence-corrected chi connectivity index (χ3v) is 7.38. The zero-order valence-corrected chi connectivity index (χ0v) is 20.2. The molecular weight excluding hydrogens is 444 g/mol. The molecule has 3 unspecified atom stereocenters. The Bertz CT molecular complexity index is 1020. The number of benzene rings is 2. The Morgan fingerprint density at radius 3 is 2.26 bits per heavy atom. The number of nitrogens with one attached hydrogen (secondary N) is 2. The van der Waals surface area contributed by atoms with Crippen molar-refractivity contribution < 1.29 is 24.2 Å². The molecule has 0 radical (unpaired) electrons. The summed E-state index contributed by atoms with van der Waals surface area (Å²) in [6.07, 6.45) is 3.56. The molecule has 7 nitrogen and oxygen atoms in total. The van der Waals surface area contributed by atoms with Crippen molar-refractivity contribution in [1.82, 2.24) is 10.6 Å². The van der Waals surface area contributed by atoms with Gasteiger partial charge in [0, 0.05) is 24.9 Å². The van der Waals surface area contributed by atoms with Gasteiger partial charge in [-0.2, -0.15) is 0 Å². The summed E-state index contributed by atoms with van der Waals surface area (Å²) in [6.45, 7) is 2.49. The average molecular weight is 479 g/mol. The SMILES string of the molecule is CCC(CC(=O)NCC1CCCCC1C(=O)O)NC(=O)OCC1c2ccccc2-c2ccccc21.